The molecule has 3 rings (SSSR count). The fourth-order valence-corrected chi connectivity index (χ4v) is 2.18. The van der Waals surface area contributed by atoms with Crippen molar-refractivity contribution in [2.45, 2.75) is 0 Å². The minimum atomic E-state index is -0.471. The van der Waals surface area contributed by atoms with Crippen molar-refractivity contribution in [2.24, 2.45) is 14.1 Å². The number of anilines is 1. The molecule has 0 aliphatic rings. The van der Waals surface area contributed by atoms with Crippen LogP contribution in [0.5, 0.6) is 0 Å². The summed E-state index contributed by atoms with van der Waals surface area (Å²) in [6, 6.07) is 10.4. The van der Waals surface area contributed by atoms with E-state index in [0.717, 1.165) is 0 Å². The number of amides is 1. The van der Waals surface area contributed by atoms with Gasteiger partial charge in [-0.05, 0) is 24.3 Å². The summed E-state index contributed by atoms with van der Waals surface area (Å²) in [6.45, 7) is 0. The number of rotatable bonds is 3. The lowest BCUT2D eigenvalue weighted by Crippen LogP contribution is -2.27. The molecule has 116 valence electrons. The van der Waals surface area contributed by atoms with E-state index in [2.05, 4.69) is 15.4 Å². The molecule has 0 spiro atoms. The van der Waals surface area contributed by atoms with Gasteiger partial charge in [0, 0.05) is 32.6 Å². The first-order valence-electron chi connectivity index (χ1n) is 6.98. The first-order chi connectivity index (χ1) is 11.1. The molecule has 0 unspecified atom stereocenters. The quantitative estimate of drug-likeness (QED) is 0.793. The van der Waals surface area contributed by atoms with Crippen LogP contribution in [0.3, 0.4) is 0 Å². The van der Waals surface area contributed by atoms with Gasteiger partial charge in [0.1, 0.15) is 17.1 Å². The minimum Gasteiger partial charge on any atom is -0.318 e. The van der Waals surface area contributed by atoms with Gasteiger partial charge < -0.3 is 9.88 Å². The average Bonchev–Trinajstić information content (AvgIpc) is 2.92. The molecular weight excluding hydrogens is 294 g/mol. The Morgan fingerprint density at radius 2 is 1.96 bits per heavy atom. The van der Waals surface area contributed by atoms with E-state index in [-0.39, 0.29) is 11.1 Å². The number of pyridine rings is 2. The summed E-state index contributed by atoms with van der Waals surface area (Å²) in [4.78, 5) is 28.5. The molecule has 0 atom stereocenters. The van der Waals surface area contributed by atoms with Gasteiger partial charge >= 0.3 is 0 Å². The van der Waals surface area contributed by atoms with Gasteiger partial charge in [0.15, 0.2) is 0 Å². The Kier molecular flexibility index (Phi) is 3.76. The lowest BCUT2D eigenvalue weighted by molar-refractivity contribution is 0.102. The number of carbonyl (C=O) groups excluding carboxylic acids is 1. The predicted molar refractivity (Wildman–Crippen MR) is 86.1 cm³/mol. The van der Waals surface area contributed by atoms with Gasteiger partial charge in [0.2, 0.25) is 0 Å². The Bertz CT molecular complexity index is 912. The Morgan fingerprint density at radius 3 is 2.70 bits per heavy atom. The second-order valence-corrected chi connectivity index (χ2v) is 5.05. The lowest BCUT2D eigenvalue weighted by atomic mass is 10.2. The summed E-state index contributed by atoms with van der Waals surface area (Å²) in [5, 5.41) is 7.03. The van der Waals surface area contributed by atoms with Crippen LogP contribution in [0.15, 0.2) is 53.6 Å². The van der Waals surface area contributed by atoms with E-state index < -0.39 is 5.91 Å². The number of hydrogen-bond acceptors (Lipinski definition) is 4. The Morgan fingerprint density at radius 1 is 1.13 bits per heavy atom. The highest BCUT2D eigenvalue weighted by molar-refractivity contribution is 6.03. The third kappa shape index (κ3) is 2.89. The molecule has 1 amide bonds. The summed E-state index contributed by atoms with van der Waals surface area (Å²) in [5.41, 5.74) is 1.08. The van der Waals surface area contributed by atoms with Crippen LogP contribution >= 0.6 is 0 Å². The van der Waals surface area contributed by atoms with Crippen LogP contribution in [-0.4, -0.2) is 25.2 Å². The van der Waals surface area contributed by atoms with E-state index in [1.165, 1.54) is 15.3 Å². The number of nitrogens with zero attached hydrogens (tertiary/aromatic N) is 4. The molecular formula is C16H15N5O2. The van der Waals surface area contributed by atoms with Crippen molar-refractivity contribution < 1.29 is 4.79 Å². The molecule has 7 nitrogen and oxygen atoms in total. The van der Waals surface area contributed by atoms with Crippen molar-refractivity contribution >= 4 is 11.7 Å². The molecule has 0 fully saturated rings. The highest BCUT2D eigenvalue weighted by Gasteiger charge is 2.15. The molecule has 0 aliphatic heterocycles. The van der Waals surface area contributed by atoms with Crippen LogP contribution in [0.4, 0.5) is 5.82 Å². The fraction of sp³-hybridized carbons (Fsp3) is 0.125. The van der Waals surface area contributed by atoms with Crippen molar-refractivity contribution in [1.82, 2.24) is 19.3 Å². The molecule has 3 aromatic rings. The van der Waals surface area contributed by atoms with Gasteiger partial charge in [-0.15, -0.1) is 0 Å². The first kappa shape index (κ1) is 14.7. The molecule has 1 N–H and O–H groups in total. The number of nitrogens with one attached hydrogen (secondary N) is 1. The Labute approximate surface area is 132 Å². The molecule has 0 bridgehead atoms. The third-order valence-corrected chi connectivity index (χ3v) is 3.42. The van der Waals surface area contributed by atoms with E-state index >= 15 is 0 Å². The molecule has 23 heavy (non-hydrogen) atoms. The van der Waals surface area contributed by atoms with Crippen molar-refractivity contribution in [3.63, 3.8) is 0 Å². The van der Waals surface area contributed by atoms with Crippen LogP contribution in [-0.2, 0) is 14.1 Å². The molecule has 0 saturated carbocycles. The summed E-state index contributed by atoms with van der Waals surface area (Å²) >= 11 is 0. The van der Waals surface area contributed by atoms with Crippen molar-refractivity contribution in [2.75, 3.05) is 5.32 Å². The molecule has 3 aromatic heterocycles. The van der Waals surface area contributed by atoms with E-state index in [4.69, 9.17) is 0 Å². The van der Waals surface area contributed by atoms with E-state index in [1.807, 2.05) is 18.2 Å². The fourth-order valence-electron chi connectivity index (χ4n) is 2.18. The van der Waals surface area contributed by atoms with Gasteiger partial charge in [0.05, 0.1) is 5.69 Å². The number of aryl methyl sites for hydroxylation is 2. The summed E-state index contributed by atoms with van der Waals surface area (Å²) < 4.78 is 2.90. The number of carbonyl (C=O) groups is 1. The van der Waals surface area contributed by atoms with Crippen molar-refractivity contribution in [3.8, 4) is 11.4 Å². The zero-order valence-electron chi connectivity index (χ0n) is 12.7. The third-order valence-electron chi connectivity index (χ3n) is 3.42. The topological polar surface area (TPSA) is 81.8 Å². The molecule has 7 heteroatoms. The van der Waals surface area contributed by atoms with E-state index in [1.54, 1.807) is 38.6 Å². The maximum Gasteiger partial charge on any atom is 0.263 e. The molecule has 0 aliphatic carbocycles. The zero-order chi connectivity index (χ0) is 16.4. The molecule has 0 aromatic carbocycles. The normalized spacial score (nSPS) is 10.5. The smallest absolute Gasteiger partial charge is 0.263 e. The van der Waals surface area contributed by atoms with Crippen LogP contribution in [0.1, 0.15) is 10.4 Å². The highest BCUT2D eigenvalue weighted by atomic mass is 16.2. The van der Waals surface area contributed by atoms with Gasteiger partial charge in [0.25, 0.3) is 11.5 Å². The Balaban J connectivity index is 1.89. The van der Waals surface area contributed by atoms with Gasteiger partial charge in [-0.3, -0.25) is 19.3 Å². The second kappa shape index (κ2) is 5.88. The van der Waals surface area contributed by atoms with Crippen molar-refractivity contribution in [3.05, 3.63) is 64.7 Å². The summed E-state index contributed by atoms with van der Waals surface area (Å²) in [5.74, 6) is 0.0170. The van der Waals surface area contributed by atoms with Gasteiger partial charge in [-0.2, -0.15) is 5.10 Å². The highest BCUT2D eigenvalue weighted by Crippen LogP contribution is 2.19. The summed E-state index contributed by atoms with van der Waals surface area (Å²) in [6.07, 6.45) is 3.28. The number of hydrogen-bond donors (Lipinski definition) is 1. The maximum absolute atomic E-state index is 12.3. The van der Waals surface area contributed by atoms with Crippen LogP contribution in [0.2, 0.25) is 0 Å². The maximum atomic E-state index is 12.3. The van der Waals surface area contributed by atoms with Gasteiger partial charge in [-0.1, -0.05) is 6.07 Å². The van der Waals surface area contributed by atoms with E-state index in [9.17, 15) is 9.59 Å². The van der Waals surface area contributed by atoms with E-state index in [0.29, 0.717) is 17.2 Å². The molecule has 3 heterocycles. The summed E-state index contributed by atoms with van der Waals surface area (Å²) in [7, 11) is 3.31. The van der Waals surface area contributed by atoms with Gasteiger partial charge in [-0.25, -0.2) is 0 Å². The number of aromatic nitrogens is 4. The molecule has 0 radical (unpaired) electrons. The minimum absolute atomic E-state index is 0.0792. The van der Waals surface area contributed by atoms with Crippen LogP contribution in [0, 0.1) is 0 Å². The largest absolute Gasteiger partial charge is 0.318 e. The standard InChI is InChI=1S/C16H15N5O2/c1-20-9-5-6-11(16(20)23)15(22)18-14-10-13(19-21(14)2)12-7-3-4-8-17-12/h3-10H,1-2H3,(H,18,22). The Hall–Kier alpha value is -3.22. The van der Waals surface area contributed by atoms with Crippen molar-refractivity contribution in [1.29, 1.82) is 0 Å². The first-order valence-corrected chi connectivity index (χ1v) is 6.98. The average molecular weight is 309 g/mol. The van der Waals surface area contributed by atoms with Crippen LogP contribution < -0.4 is 10.9 Å². The second-order valence-electron chi connectivity index (χ2n) is 5.05. The monoisotopic (exact) mass is 309 g/mol. The van der Waals surface area contributed by atoms with Crippen LogP contribution in [0.25, 0.3) is 11.4 Å². The predicted octanol–water partition coefficient (Wildman–Crippen LogP) is 1.43. The molecule has 0 saturated heterocycles. The lowest BCUT2D eigenvalue weighted by Gasteiger charge is -2.05. The SMILES string of the molecule is Cn1nc(-c2ccccn2)cc1NC(=O)c1cccn(C)c1=O. The zero-order valence-corrected chi connectivity index (χ0v) is 12.7.